The highest BCUT2D eigenvalue weighted by Crippen LogP contribution is 2.31. The third kappa shape index (κ3) is 3.71. The van der Waals surface area contributed by atoms with Crippen molar-refractivity contribution in [2.75, 3.05) is 13.1 Å². The molecule has 0 unspecified atom stereocenters. The lowest BCUT2D eigenvalue weighted by Gasteiger charge is -2.25. The number of fused-ring (bicyclic) bond motifs is 3. The Balaban J connectivity index is 1.36. The van der Waals surface area contributed by atoms with Gasteiger partial charge in [0.05, 0.1) is 10.5 Å². The minimum atomic E-state index is -3.53. The van der Waals surface area contributed by atoms with Gasteiger partial charge < -0.3 is 9.15 Å². The summed E-state index contributed by atoms with van der Waals surface area (Å²) >= 11 is 0. The summed E-state index contributed by atoms with van der Waals surface area (Å²) in [6, 6.07) is 18.8. The summed E-state index contributed by atoms with van der Waals surface area (Å²) < 4.78 is 38.4. The Morgan fingerprint density at radius 2 is 1.55 bits per heavy atom. The molecule has 158 valence electrons. The third-order valence-corrected chi connectivity index (χ3v) is 7.51. The number of furan rings is 1. The van der Waals surface area contributed by atoms with Crippen LogP contribution >= 0.6 is 0 Å². The minimum Gasteiger partial charge on any atom is -0.456 e. The number of hydrogen-bond donors (Lipinski definition) is 0. The first-order valence-corrected chi connectivity index (χ1v) is 11.7. The molecule has 0 aliphatic carbocycles. The maximum Gasteiger partial charge on any atom is 0.343 e. The molecule has 0 spiro atoms. The van der Waals surface area contributed by atoms with Crippen LogP contribution in [0.1, 0.15) is 29.6 Å². The van der Waals surface area contributed by atoms with Crippen molar-refractivity contribution in [1.82, 2.24) is 4.31 Å². The van der Waals surface area contributed by atoms with Gasteiger partial charge >= 0.3 is 5.97 Å². The first kappa shape index (κ1) is 19.8. The van der Waals surface area contributed by atoms with E-state index in [-0.39, 0.29) is 10.5 Å². The summed E-state index contributed by atoms with van der Waals surface area (Å²) in [5.41, 5.74) is 1.77. The Labute approximate surface area is 180 Å². The summed E-state index contributed by atoms with van der Waals surface area (Å²) in [6.45, 7) is 1.08. The zero-order chi connectivity index (χ0) is 21.4. The third-order valence-electron chi connectivity index (χ3n) is 5.60. The first-order valence-electron chi connectivity index (χ1n) is 10.3. The molecule has 1 fully saturated rings. The molecule has 5 rings (SSSR count). The van der Waals surface area contributed by atoms with E-state index in [1.165, 1.54) is 28.6 Å². The Bertz CT molecular complexity index is 1370. The van der Waals surface area contributed by atoms with Gasteiger partial charge in [-0.05, 0) is 61.4 Å². The summed E-state index contributed by atoms with van der Waals surface area (Å²) in [5.74, 6) is -0.150. The molecule has 0 atom stereocenters. The van der Waals surface area contributed by atoms with Gasteiger partial charge in [0, 0.05) is 23.9 Å². The molecule has 1 saturated heterocycles. The predicted molar refractivity (Wildman–Crippen MR) is 118 cm³/mol. The second-order valence-corrected chi connectivity index (χ2v) is 9.57. The zero-order valence-corrected chi connectivity index (χ0v) is 17.6. The molecular formula is C24H21NO5S. The summed E-state index contributed by atoms with van der Waals surface area (Å²) in [7, 11) is -3.53. The smallest absolute Gasteiger partial charge is 0.343 e. The van der Waals surface area contributed by atoms with Crippen LogP contribution in [0.2, 0.25) is 0 Å². The predicted octanol–water partition coefficient (Wildman–Crippen LogP) is 4.98. The Kier molecular flexibility index (Phi) is 5.00. The number of carbonyl (C=O) groups is 1. The molecule has 0 saturated carbocycles. The first-order chi connectivity index (χ1) is 15.0. The van der Waals surface area contributed by atoms with Crippen molar-refractivity contribution < 1.29 is 22.4 Å². The Hall–Kier alpha value is -3.16. The van der Waals surface area contributed by atoms with Gasteiger partial charge in [-0.2, -0.15) is 4.31 Å². The van der Waals surface area contributed by atoms with E-state index in [2.05, 4.69) is 0 Å². The van der Waals surface area contributed by atoms with E-state index in [9.17, 15) is 13.2 Å². The number of sulfonamides is 1. The number of nitrogens with zero attached hydrogens (tertiary/aromatic N) is 1. The molecule has 7 heteroatoms. The van der Waals surface area contributed by atoms with Crippen molar-refractivity contribution in [2.45, 2.75) is 24.2 Å². The molecule has 1 aromatic heterocycles. The fourth-order valence-electron chi connectivity index (χ4n) is 3.95. The minimum absolute atomic E-state index is 0.192. The largest absolute Gasteiger partial charge is 0.456 e. The van der Waals surface area contributed by atoms with E-state index in [0.29, 0.717) is 24.4 Å². The van der Waals surface area contributed by atoms with E-state index in [1.807, 2.05) is 24.3 Å². The van der Waals surface area contributed by atoms with Gasteiger partial charge in [-0.3, -0.25) is 0 Å². The van der Waals surface area contributed by atoms with Crippen molar-refractivity contribution >= 4 is 37.9 Å². The van der Waals surface area contributed by atoms with Gasteiger partial charge in [0.1, 0.15) is 16.9 Å². The number of para-hydroxylation sites is 1. The molecule has 31 heavy (non-hydrogen) atoms. The number of piperidine rings is 1. The lowest BCUT2D eigenvalue weighted by molar-refractivity contribution is 0.0735. The van der Waals surface area contributed by atoms with Crippen LogP contribution in [0.3, 0.4) is 0 Å². The molecule has 2 heterocycles. The molecular weight excluding hydrogens is 414 g/mol. The molecule has 1 aliphatic rings. The van der Waals surface area contributed by atoms with Crippen LogP contribution in [0.15, 0.2) is 76.0 Å². The molecule has 0 radical (unpaired) electrons. The van der Waals surface area contributed by atoms with Gasteiger partial charge in [-0.25, -0.2) is 13.2 Å². The monoisotopic (exact) mass is 435 g/mol. The normalized spacial score (nSPS) is 15.4. The summed E-state index contributed by atoms with van der Waals surface area (Å²) in [4.78, 5) is 12.8. The summed E-state index contributed by atoms with van der Waals surface area (Å²) in [6.07, 6.45) is 2.80. The molecule has 0 N–H and O–H groups in total. The average Bonchev–Trinajstić information content (AvgIpc) is 3.18. The topological polar surface area (TPSA) is 76.8 Å². The lowest BCUT2D eigenvalue weighted by atomic mass is 10.1. The van der Waals surface area contributed by atoms with Gasteiger partial charge in [-0.1, -0.05) is 24.6 Å². The van der Waals surface area contributed by atoms with E-state index in [1.54, 1.807) is 18.2 Å². The maximum absolute atomic E-state index is 12.8. The molecule has 0 bridgehead atoms. The lowest BCUT2D eigenvalue weighted by Crippen LogP contribution is -2.35. The molecule has 3 aromatic carbocycles. The highest BCUT2D eigenvalue weighted by molar-refractivity contribution is 7.89. The quantitative estimate of drug-likeness (QED) is 0.334. The van der Waals surface area contributed by atoms with Gasteiger partial charge in [0.25, 0.3) is 0 Å². The second-order valence-electron chi connectivity index (χ2n) is 7.63. The fourth-order valence-corrected chi connectivity index (χ4v) is 5.47. The van der Waals surface area contributed by atoms with Crippen molar-refractivity contribution in [1.29, 1.82) is 0 Å². The molecule has 4 aromatic rings. The number of benzene rings is 3. The highest BCUT2D eigenvalue weighted by atomic mass is 32.2. The van der Waals surface area contributed by atoms with Crippen molar-refractivity contribution in [3.63, 3.8) is 0 Å². The summed E-state index contributed by atoms with van der Waals surface area (Å²) in [5, 5.41) is 1.81. The maximum atomic E-state index is 12.8. The average molecular weight is 436 g/mol. The van der Waals surface area contributed by atoms with Crippen LogP contribution in [0, 0.1) is 0 Å². The van der Waals surface area contributed by atoms with Gasteiger partial charge in [-0.15, -0.1) is 0 Å². The number of ether oxygens (including phenoxy) is 1. The Morgan fingerprint density at radius 3 is 2.32 bits per heavy atom. The van der Waals surface area contributed by atoms with Gasteiger partial charge in [0.15, 0.2) is 0 Å². The molecule has 0 amide bonds. The zero-order valence-electron chi connectivity index (χ0n) is 16.8. The van der Waals surface area contributed by atoms with E-state index < -0.39 is 16.0 Å². The molecule has 1 aliphatic heterocycles. The number of carbonyl (C=O) groups excluding carboxylic acids is 1. The SMILES string of the molecule is O=C(Oc1ccc2oc3ccccc3c2c1)c1ccc(S(=O)(=O)N2CCCCC2)cc1. The number of esters is 1. The van der Waals surface area contributed by atoms with E-state index in [0.717, 1.165) is 35.6 Å². The van der Waals surface area contributed by atoms with Crippen LogP contribution in [-0.2, 0) is 10.0 Å². The standard InChI is InChI=1S/C24H21NO5S/c26-24(17-8-11-19(12-9-17)31(27,28)25-14-4-1-5-15-25)29-18-10-13-23-21(16-18)20-6-2-3-7-22(20)30-23/h2-3,6-13,16H,1,4-5,14-15H2. The molecule has 6 nitrogen and oxygen atoms in total. The highest BCUT2D eigenvalue weighted by Gasteiger charge is 2.26. The second kappa shape index (κ2) is 7.83. The van der Waals surface area contributed by atoms with Crippen LogP contribution in [0.5, 0.6) is 5.75 Å². The van der Waals surface area contributed by atoms with Crippen molar-refractivity contribution in [2.24, 2.45) is 0 Å². The van der Waals surface area contributed by atoms with Crippen LogP contribution in [-0.4, -0.2) is 31.8 Å². The van der Waals surface area contributed by atoms with Crippen molar-refractivity contribution in [3.8, 4) is 5.75 Å². The van der Waals surface area contributed by atoms with Crippen LogP contribution < -0.4 is 4.74 Å². The van der Waals surface area contributed by atoms with E-state index >= 15 is 0 Å². The van der Waals surface area contributed by atoms with Crippen LogP contribution in [0.25, 0.3) is 21.9 Å². The van der Waals surface area contributed by atoms with Gasteiger partial charge in [0.2, 0.25) is 10.0 Å². The number of hydrogen-bond acceptors (Lipinski definition) is 5. The van der Waals surface area contributed by atoms with Crippen molar-refractivity contribution in [3.05, 3.63) is 72.3 Å². The van der Waals surface area contributed by atoms with E-state index in [4.69, 9.17) is 9.15 Å². The Morgan fingerprint density at radius 1 is 0.839 bits per heavy atom. The fraction of sp³-hybridized carbons (Fsp3) is 0.208. The number of rotatable bonds is 4. The van der Waals surface area contributed by atoms with Crippen LogP contribution in [0.4, 0.5) is 0 Å².